The van der Waals surface area contributed by atoms with Gasteiger partial charge in [0.1, 0.15) is 5.75 Å². The molecule has 0 N–H and O–H groups in total. The lowest BCUT2D eigenvalue weighted by molar-refractivity contribution is -0.144. The van der Waals surface area contributed by atoms with Crippen molar-refractivity contribution in [2.24, 2.45) is 0 Å². The van der Waals surface area contributed by atoms with Crippen molar-refractivity contribution in [3.05, 3.63) is 29.8 Å². The van der Waals surface area contributed by atoms with E-state index in [-0.39, 0.29) is 24.8 Å². The van der Waals surface area contributed by atoms with Crippen LogP contribution in [-0.2, 0) is 20.7 Å². The van der Waals surface area contributed by atoms with Crippen LogP contribution in [-0.4, -0.2) is 18.5 Å². The zero-order chi connectivity index (χ0) is 22.6. The number of benzene rings is 1. The lowest BCUT2D eigenvalue weighted by Gasteiger charge is -2.09. The highest BCUT2D eigenvalue weighted by Crippen LogP contribution is 2.20. The van der Waals surface area contributed by atoms with Crippen molar-refractivity contribution < 1.29 is 19.1 Å². The summed E-state index contributed by atoms with van der Waals surface area (Å²) in [4.78, 5) is 23.9. The predicted octanol–water partition coefficient (Wildman–Crippen LogP) is 7.57. The predicted molar refractivity (Wildman–Crippen MR) is 127 cm³/mol. The van der Waals surface area contributed by atoms with E-state index in [1.54, 1.807) is 0 Å². The Morgan fingerprint density at radius 3 is 1.90 bits per heavy atom. The zero-order valence-electron chi connectivity index (χ0n) is 20.0. The molecule has 0 amide bonds. The Kier molecular flexibility index (Phi) is 16.6. The van der Waals surface area contributed by atoms with E-state index in [0.29, 0.717) is 18.8 Å². The SMILES string of the molecule is CCCCCCCCCCCCCOC(=O)CCCC(=O)Oc1ccccc1CCC. The van der Waals surface area contributed by atoms with E-state index in [1.165, 1.54) is 57.8 Å². The summed E-state index contributed by atoms with van der Waals surface area (Å²) in [6.07, 6.45) is 16.9. The van der Waals surface area contributed by atoms with Crippen LogP contribution in [0, 0.1) is 0 Å². The summed E-state index contributed by atoms with van der Waals surface area (Å²) in [6.45, 7) is 4.84. The van der Waals surface area contributed by atoms with Crippen LogP contribution < -0.4 is 4.74 Å². The van der Waals surface area contributed by atoms with Gasteiger partial charge in [0.2, 0.25) is 0 Å². The van der Waals surface area contributed by atoms with Gasteiger partial charge in [-0.05, 0) is 30.9 Å². The van der Waals surface area contributed by atoms with Crippen molar-refractivity contribution in [3.63, 3.8) is 0 Å². The Hall–Kier alpha value is -1.84. The van der Waals surface area contributed by atoms with Crippen LogP contribution >= 0.6 is 0 Å². The molecule has 4 heteroatoms. The molecule has 0 saturated carbocycles. The van der Waals surface area contributed by atoms with Gasteiger partial charge in [-0.1, -0.05) is 103 Å². The van der Waals surface area contributed by atoms with E-state index >= 15 is 0 Å². The number of para-hydroxylation sites is 1. The van der Waals surface area contributed by atoms with Crippen LogP contribution in [0.2, 0.25) is 0 Å². The molecule has 0 heterocycles. The summed E-state index contributed by atoms with van der Waals surface area (Å²) in [5.41, 5.74) is 1.05. The molecule has 0 aromatic heterocycles. The fraction of sp³-hybridized carbons (Fsp3) is 0.704. The zero-order valence-corrected chi connectivity index (χ0v) is 20.0. The molecule has 176 valence electrons. The van der Waals surface area contributed by atoms with Gasteiger partial charge in [0.05, 0.1) is 6.61 Å². The van der Waals surface area contributed by atoms with Crippen molar-refractivity contribution in [2.75, 3.05) is 6.61 Å². The number of unbranched alkanes of at least 4 members (excludes halogenated alkanes) is 10. The first-order valence-electron chi connectivity index (χ1n) is 12.6. The topological polar surface area (TPSA) is 52.6 Å². The fourth-order valence-electron chi connectivity index (χ4n) is 3.65. The maximum atomic E-state index is 12.0. The van der Waals surface area contributed by atoms with Crippen LogP contribution in [0.4, 0.5) is 0 Å². The number of rotatable bonds is 19. The van der Waals surface area contributed by atoms with Crippen LogP contribution in [0.3, 0.4) is 0 Å². The lowest BCUT2D eigenvalue weighted by Crippen LogP contribution is -2.11. The third-order valence-electron chi connectivity index (χ3n) is 5.49. The Morgan fingerprint density at radius 1 is 0.677 bits per heavy atom. The molecule has 0 unspecified atom stereocenters. The van der Waals surface area contributed by atoms with Crippen molar-refractivity contribution in [1.29, 1.82) is 0 Å². The molecule has 0 spiro atoms. The normalized spacial score (nSPS) is 10.8. The summed E-state index contributed by atoms with van der Waals surface area (Å²) >= 11 is 0. The number of aryl methyl sites for hydroxylation is 1. The van der Waals surface area contributed by atoms with Gasteiger partial charge >= 0.3 is 11.9 Å². The average molecular weight is 433 g/mol. The highest BCUT2D eigenvalue weighted by atomic mass is 16.5. The molecule has 4 nitrogen and oxygen atoms in total. The van der Waals surface area contributed by atoms with Crippen molar-refractivity contribution in [2.45, 2.75) is 117 Å². The van der Waals surface area contributed by atoms with Crippen molar-refractivity contribution >= 4 is 11.9 Å². The van der Waals surface area contributed by atoms with Gasteiger partial charge < -0.3 is 9.47 Å². The molecule has 0 atom stereocenters. The van der Waals surface area contributed by atoms with Crippen molar-refractivity contribution in [1.82, 2.24) is 0 Å². The fourth-order valence-corrected chi connectivity index (χ4v) is 3.65. The first-order chi connectivity index (χ1) is 15.2. The first kappa shape index (κ1) is 27.2. The minimum atomic E-state index is -0.290. The average Bonchev–Trinajstić information content (AvgIpc) is 2.76. The molecule has 1 aromatic rings. The number of carbonyl (C=O) groups is 2. The molecule has 0 radical (unpaired) electrons. The molecule has 0 aliphatic heterocycles. The van der Waals surface area contributed by atoms with E-state index in [2.05, 4.69) is 13.8 Å². The molecule has 1 rings (SSSR count). The second kappa shape index (κ2) is 18.9. The Labute approximate surface area is 190 Å². The smallest absolute Gasteiger partial charge is 0.311 e. The summed E-state index contributed by atoms with van der Waals surface area (Å²) in [5.74, 6) is 0.126. The molecule has 0 saturated heterocycles. The molecule has 0 aliphatic rings. The van der Waals surface area contributed by atoms with E-state index < -0.39 is 0 Å². The van der Waals surface area contributed by atoms with Gasteiger partial charge in [-0.25, -0.2) is 0 Å². The number of ether oxygens (including phenoxy) is 2. The second-order valence-corrected chi connectivity index (χ2v) is 8.44. The standard InChI is InChI=1S/C27H44O4/c1-3-5-6-7-8-9-10-11-12-13-16-23-30-26(28)21-17-22-27(29)31-25-20-15-14-19-24(25)18-4-2/h14-15,19-20H,3-13,16-18,21-23H2,1-2H3. The van der Waals surface area contributed by atoms with Gasteiger partial charge in [0.25, 0.3) is 0 Å². The van der Waals surface area contributed by atoms with E-state index in [4.69, 9.17) is 9.47 Å². The van der Waals surface area contributed by atoms with Crippen LogP contribution in [0.25, 0.3) is 0 Å². The maximum absolute atomic E-state index is 12.0. The molecule has 0 fully saturated rings. The number of carbonyl (C=O) groups excluding carboxylic acids is 2. The maximum Gasteiger partial charge on any atom is 0.311 e. The van der Waals surface area contributed by atoms with Gasteiger partial charge in [-0.2, -0.15) is 0 Å². The minimum Gasteiger partial charge on any atom is -0.466 e. The highest BCUT2D eigenvalue weighted by molar-refractivity contribution is 5.74. The third kappa shape index (κ3) is 14.7. The van der Waals surface area contributed by atoms with Gasteiger partial charge in [0, 0.05) is 12.8 Å². The molecular weight excluding hydrogens is 388 g/mol. The van der Waals surface area contributed by atoms with Crippen LogP contribution in [0.1, 0.15) is 116 Å². The first-order valence-corrected chi connectivity index (χ1v) is 12.6. The summed E-state index contributed by atoms with van der Waals surface area (Å²) < 4.78 is 10.8. The molecular formula is C27H44O4. The quantitative estimate of drug-likeness (QED) is 0.128. The minimum absolute atomic E-state index is 0.216. The van der Waals surface area contributed by atoms with Crippen molar-refractivity contribution in [3.8, 4) is 5.75 Å². The molecule has 31 heavy (non-hydrogen) atoms. The molecule has 0 bridgehead atoms. The largest absolute Gasteiger partial charge is 0.466 e. The monoisotopic (exact) mass is 432 g/mol. The summed E-state index contributed by atoms with van der Waals surface area (Å²) in [7, 11) is 0. The number of hydrogen-bond acceptors (Lipinski definition) is 4. The molecule has 0 aliphatic carbocycles. The Balaban J connectivity index is 1.97. The number of esters is 2. The van der Waals surface area contributed by atoms with Crippen LogP contribution in [0.15, 0.2) is 24.3 Å². The van der Waals surface area contributed by atoms with Gasteiger partial charge in [0.15, 0.2) is 0 Å². The van der Waals surface area contributed by atoms with E-state index in [1.807, 2.05) is 24.3 Å². The Morgan fingerprint density at radius 2 is 1.26 bits per heavy atom. The summed E-state index contributed by atoms with van der Waals surface area (Å²) in [6, 6.07) is 7.63. The highest BCUT2D eigenvalue weighted by Gasteiger charge is 2.10. The lowest BCUT2D eigenvalue weighted by atomic mass is 10.1. The second-order valence-electron chi connectivity index (χ2n) is 8.44. The Bertz CT molecular complexity index is 597. The third-order valence-corrected chi connectivity index (χ3v) is 5.49. The van der Waals surface area contributed by atoms with E-state index in [9.17, 15) is 9.59 Å². The molecule has 1 aromatic carbocycles. The van der Waals surface area contributed by atoms with Gasteiger partial charge in [-0.3, -0.25) is 9.59 Å². The number of hydrogen-bond donors (Lipinski definition) is 0. The summed E-state index contributed by atoms with van der Waals surface area (Å²) in [5, 5.41) is 0. The van der Waals surface area contributed by atoms with Crippen LogP contribution in [0.5, 0.6) is 5.75 Å². The van der Waals surface area contributed by atoms with E-state index in [0.717, 1.165) is 31.2 Å². The van der Waals surface area contributed by atoms with Gasteiger partial charge in [-0.15, -0.1) is 0 Å².